The van der Waals surface area contributed by atoms with Crippen LogP contribution in [0.4, 0.5) is 10.5 Å². The van der Waals surface area contributed by atoms with E-state index in [1.807, 2.05) is 11.8 Å². The molecule has 0 heterocycles. The highest BCUT2D eigenvalue weighted by Gasteiger charge is 2.36. The first-order chi connectivity index (χ1) is 10.0. The van der Waals surface area contributed by atoms with Crippen LogP contribution in [0.3, 0.4) is 0 Å². The van der Waals surface area contributed by atoms with Gasteiger partial charge in [-0.05, 0) is 62.3 Å². The molecular weight excluding hydrogens is 268 g/mol. The Bertz CT molecular complexity index is 577. The summed E-state index contributed by atoms with van der Waals surface area (Å²) >= 11 is 0. The number of anilines is 1. The van der Waals surface area contributed by atoms with E-state index in [4.69, 9.17) is 5.11 Å². The van der Waals surface area contributed by atoms with Crippen molar-refractivity contribution in [1.29, 1.82) is 0 Å². The van der Waals surface area contributed by atoms with Crippen LogP contribution in [-0.2, 0) is 0 Å². The molecule has 2 saturated carbocycles. The number of carboxylic acid groups (broad SMARTS) is 1. The van der Waals surface area contributed by atoms with Gasteiger partial charge in [-0.1, -0.05) is 0 Å². The first kappa shape index (κ1) is 13.9. The highest BCUT2D eigenvalue weighted by Crippen LogP contribution is 2.35. The van der Waals surface area contributed by atoms with Crippen LogP contribution in [-0.4, -0.2) is 34.6 Å². The standard InChI is InChI=1S/C16H20N2O3/c1-10-8-12(15(19)20)4-7-14(10)17-16(21)18(13-5-6-13)9-11-2-3-11/h4,7-8,11,13H,2-3,5-6,9H2,1H3,(H,17,21)(H,19,20). The predicted octanol–water partition coefficient (Wildman–Crippen LogP) is 3.10. The molecule has 0 atom stereocenters. The van der Waals surface area contributed by atoms with Gasteiger partial charge in [0.1, 0.15) is 0 Å². The minimum absolute atomic E-state index is 0.0597. The van der Waals surface area contributed by atoms with E-state index in [0.717, 1.165) is 24.9 Å². The number of carbonyl (C=O) groups excluding carboxylic acids is 1. The van der Waals surface area contributed by atoms with E-state index in [2.05, 4.69) is 5.32 Å². The normalized spacial score (nSPS) is 17.4. The highest BCUT2D eigenvalue weighted by molar-refractivity contribution is 5.93. The van der Waals surface area contributed by atoms with Crippen LogP contribution >= 0.6 is 0 Å². The second-order valence-corrected chi connectivity index (χ2v) is 6.09. The van der Waals surface area contributed by atoms with Crippen molar-refractivity contribution in [3.8, 4) is 0 Å². The molecule has 112 valence electrons. The molecule has 2 aliphatic rings. The summed E-state index contributed by atoms with van der Waals surface area (Å²) in [7, 11) is 0. The summed E-state index contributed by atoms with van der Waals surface area (Å²) in [5.74, 6) is -0.281. The predicted molar refractivity (Wildman–Crippen MR) is 79.6 cm³/mol. The number of amides is 2. The zero-order valence-electron chi connectivity index (χ0n) is 12.1. The number of nitrogens with one attached hydrogen (secondary N) is 1. The first-order valence-electron chi connectivity index (χ1n) is 7.46. The number of urea groups is 1. The SMILES string of the molecule is Cc1cc(C(=O)O)ccc1NC(=O)N(CC1CC1)C1CC1. The maximum atomic E-state index is 12.4. The fraction of sp³-hybridized carbons (Fsp3) is 0.500. The number of hydrogen-bond acceptors (Lipinski definition) is 2. The summed E-state index contributed by atoms with van der Waals surface area (Å²) in [5.41, 5.74) is 1.69. The van der Waals surface area contributed by atoms with Gasteiger partial charge in [0, 0.05) is 18.3 Å². The third kappa shape index (κ3) is 3.35. The molecule has 1 aromatic carbocycles. The molecule has 5 heteroatoms. The van der Waals surface area contributed by atoms with E-state index in [1.165, 1.54) is 18.9 Å². The zero-order chi connectivity index (χ0) is 15.0. The second kappa shape index (κ2) is 5.39. The van der Waals surface area contributed by atoms with Gasteiger partial charge in [-0.15, -0.1) is 0 Å². The lowest BCUT2D eigenvalue weighted by molar-refractivity contribution is 0.0697. The Hall–Kier alpha value is -2.04. The molecule has 1 aromatic rings. The zero-order valence-corrected chi connectivity index (χ0v) is 12.1. The van der Waals surface area contributed by atoms with E-state index in [9.17, 15) is 9.59 Å². The second-order valence-electron chi connectivity index (χ2n) is 6.09. The Morgan fingerprint density at radius 3 is 2.52 bits per heavy atom. The van der Waals surface area contributed by atoms with Crippen molar-refractivity contribution in [1.82, 2.24) is 4.90 Å². The summed E-state index contributed by atoms with van der Waals surface area (Å²) < 4.78 is 0. The number of aryl methyl sites for hydroxylation is 1. The van der Waals surface area contributed by atoms with E-state index < -0.39 is 5.97 Å². The van der Waals surface area contributed by atoms with Crippen LogP contribution in [0.15, 0.2) is 18.2 Å². The molecule has 2 N–H and O–H groups in total. The Kier molecular flexibility index (Phi) is 3.57. The van der Waals surface area contributed by atoms with Crippen LogP contribution in [0.2, 0.25) is 0 Å². The number of hydrogen-bond donors (Lipinski definition) is 2. The fourth-order valence-corrected chi connectivity index (χ4v) is 2.49. The van der Waals surface area contributed by atoms with Crippen LogP contribution in [0.25, 0.3) is 0 Å². The molecule has 3 rings (SSSR count). The molecular formula is C16H20N2O3. The lowest BCUT2D eigenvalue weighted by atomic mass is 10.1. The Morgan fingerprint density at radius 2 is 2.00 bits per heavy atom. The summed E-state index contributed by atoms with van der Waals surface area (Å²) in [6.45, 7) is 2.66. The van der Waals surface area contributed by atoms with Crippen molar-refractivity contribution in [3.05, 3.63) is 29.3 Å². The third-order valence-corrected chi connectivity index (χ3v) is 4.12. The molecule has 0 unspecified atom stereocenters. The van der Waals surface area contributed by atoms with Crippen LogP contribution in [0, 0.1) is 12.8 Å². The minimum Gasteiger partial charge on any atom is -0.478 e. The summed E-state index contributed by atoms with van der Waals surface area (Å²) in [4.78, 5) is 25.3. The van der Waals surface area contributed by atoms with E-state index >= 15 is 0 Å². The molecule has 0 spiro atoms. The minimum atomic E-state index is -0.954. The van der Waals surface area contributed by atoms with Crippen LogP contribution in [0.1, 0.15) is 41.6 Å². The largest absolute Gasteiger partial charge is 0.478 e. The fourth-order valence-electron chi connectivity index (χ4n) is 2.49. The Balaban J connectivity index is 1.69. The summed E-state index contributed by atoms with van der Waals surface area (Å²) in [5, 5.41) is 11.9. The van der Waals surface area contributed by atoms with Crippen LogP contribution in [0.5, 0.6) is 0 Å². The molecule has 0 aliphatic heterocycles. The Labute approximate surface area is 123 Å². The smallest absolute Gasteiger partial charge is 0.335 e. The lowest BCUT2D eigenvalue weighted by Crippen LogP contribution is -2.38. The van der Waals surface area contributed by atoms with Crippen molar-refractivity contribution in [3.63, 3.8) is 0 Å². The van der Waals surface area contributed by atoms with E-state index in [-0.39, 0.29) is 11.6 Å². The van der Waals surface area contributed by atoms with Gasteiger partial charge in [-0.25, -0.2) is 9.59 Å². The number of aromatic carboxylic acids is 1. The Morgan fingerprint density at radius 1 is 1.29 bits per heavy atom. The monoisotopic (exact) mass is 288 g/mol. The average Bonchev–Trinajstić information content (AvgIpc) is 3.31. The average molecular weight is 288 g/mol. The number of carboxylic acids is 1. The van der Waals surface area contributed by atoms with Gasteiger partial charge in [-0.2, -0.15) is 0 Å². The molecule has 2 aliphatic carbocycles. The van der Waals surface area contributed by atoms with Crippen molar-refractivity contribution < 1.29 is 14.7 Å². The lowest BCUT2D eigenvalue weighted by Gasteiger charge is -2.23. The van der Waals surface area contributed by atoms with Crippen molar-refractivity contribution in [2.75, 3.05) is 11.9 Å². The van der Waals surface area contributed by atoms with Gasteiger partial charge in [0.2, 0.25) is 0 Å². The van der Waals surface area contributed by atoms with Gasteiger partial charge in [0.15, 0.2) is 0 Å². The number of nitrogens with zero attached hydrogens (tertiary/aromatic N) is 1. The molecule has 2 fully saturated rings. The molecule has 0 bridgehead atoms. The summed E-state index contributed by atoms with van der Waals surface area (Å²) in [6, 6.07) is 5.10. The molecule has 0 saturated heterocycles. The third-order valence-electron chi connectivity index (χ3n) is 4.12. The molecule has 0 radical (unpaired) electrons. The van der Waals surface area contributed by atoms with Gasteiger partial charge < -0.3 is 15.3 Å². The quantitative estimate of drug-likeness (QED) is 0.874. The van der Waals surface area contributed by atoms with Gasteiger partial charge in [-0.3, -0.25) is 0 Å². The van der Waals surface area contributed by atoms with Gasteiger partial charge in [0.25, 0.3) is 0 Å². The maximum Gasteiger partial charge on any atom is 0.335 e. The first-order valence-corrected chi connectivity index (χ1v) is 7.46. The van der Waals surface area contributed by atoms with Gasteiger partial charge in [0.05, 0.1) is 5.56 Å². The molecule has 2 amide bonds. The number of rotatable bonds is 5. The van der Waals surface area contributed by atoms with Gasteiger partial charge >= 0.3 is 12.0 Å². The van der Waals surface area contributed by atoms with Crippen LogP contribution < -0.4 is 5.32 Å². The van der Waals surface area contributed by atoms with Crippen molar-refractivity contribution >= 4 is 17.7 Å². The van der Waals surface area contributed by atoms with Crippen molar-refractivity contribution in [2.45, 2.75) is 38.6 Å². The highest BCUT2D eigenvalue weighted by atomic mass is 16.4. The van der Waals surface area contributed by atoms with E-state index in [1.54, 1.807) is 12.1 Å². The summed E-state index contributed by atoms with van der Waals surface area (Å²) in [6.07, 6.45) is 4.64. The molecule has 5 nitrogen and oxygen atoms in total. The maximum absolute atomic E-state index is 12.4. The number of benzene rings is 1. The molecule has 0 aromatic heterocycles. The topological polar surface area (TPSA) is 69.6 Å². The molecule has 21 heavy (non-hydrogen) atoms. The van der Waals surface area contributed by atoms with Crippen molar-refractivity contribution in [2.24, 2.45) is 5.92 Å². The van der Waals surface area contributed by atoms with E-state index in [0.29, 0.717) is 17.6 Å². The number of carbonyl (C=O) groups is 2.